The lowest BCUT2D eigenvalue weighted by atomic mass is 9.95. The SMILES string of the molecule is O=C1[C@H](O)[C@@H](C#Cc2ccc(C#C[C@H]3O[C@H](CO)[C@@H](O)[C@H](O)[C@@H]3O)cc2)O[C@H](CO)[C@H]1O. The largest absolute Gasteiger partial charge is 0.394 e. The maximum absolute atomic E-state index is 11.8. The molecule has 0 unspecified atom stereocenters. The van der Waals surface area contributed by atoms with Crippen LogP contribution in [0.25, 0.3) is 0 Å². The van der Waals surface area contributed by atoms with E-state index in [1.165, 1.54) is 0 Å². The summed E-state index contributed by atoms with van der Waals surface area (Å²) in [4.78, 5) is 11.8. The molecule has 0 amide bonds. The molecule has 172 valence electrons. The summed E-state index contributed by atoms with van der Waals surface area (Å²) in [6.45, 7) is -1.14. The number of hydrogen-bond donors (Lipinski definition) is 7. The third-order valence-electron chi connectivity index (χ3n) is 5.22. The molecule has 0 radical (unpaired) electrons. The minimum atomic E-state index is -1.64. The molecule has 1 aromatic rings. The van der Waals surface area contributed by atoms with Crippen molar-refractivity contribution in [1.82, 2.24) is 0 Å². The summed E-state index contributed by atoms with van der Waals surface area (Å²) in [5.41, 5.74) is 1.04. The van der Waals surface area contributed by atoms with Crippen LogP contribution in [-0.4, -0.2) is 110 Å². The number of ether oxygens (including phenoxy) is 2. The number of ketones is 1. The highest BCUT2D eigenvalue weighted by Gasteiger charge is 2.43. The molecule has 0 spiro atoms. The van der Waals surface area contributed by atoms with Gasteiger partial charge in [-0.05, 0) is 24.3 Å². The van der Waals surface area contributed by atoms with Gasteiger partial charge < -0.3 is 45.2 Å². The van der Waals surface area contributed by atoms with Crippen molar-refractivity contribution >= 4 is 5.78 Å². The highest BCUT2D eigenvalue weighted by atomic mass is 16.5. The predicted octanol–water partition coefficient (Wildman–Crippen LogP) is -3.72. The van der Waals surface area contributed by atoms with Crippen LogP contribution >= 0.6 is 0 Å². The number of benzene rings is 1. The standard InChI is InChI=1S/C22H24O10/c23-9-15-19(27)21(29)17(25)13(31-15)7-5-11-1-2-12(4-3-11)6-8-14-18(26)22(30)20(28)16(10-24)32-14/h1-4,13-21,23-29H,9-10H2/t13-,14-,15-,16-,17-,18-,19-,20-,21-/m1/s1. The van der Waals surface area contributed by atoms with Gasteiger partial charge in [-0.25, -0.2) is 0 Å². The first-order valence-corrected chi connectivity index (χ1v) is 9.86. The number of Topliss-reactive ketones (excluding diaryl/α,β-unsaturated/α-hetero) is 1. The highest BCUT2D eigenvalue weighted by Crippen LogP contribution is 2.21. The lowest BCUT2D eigenvalue weighted by molar-refractivity contribution is -0.214. The summed E-state index contributed by atoms with van der Waals surface area (Å²) in [7, 11) is 0. The molecule has 0 saturated carbocycles. The maximum atomic E-state index is 11.8. The average Bonchev–Trinajstić information content (AvgIpc) is 2.81. The summed E-state index contributed by atoms with van der Waals surface area (Å²) in [5, 5.41) is 67.5. The van der Waals surface area contributed by atoms with Crippen LogP contribution in [0.2, 0.25) is 0 Å². The van der Waals surface area contributed by atoms with Gasteiger partial charge in [-0.1, -0.05) is 23.7 Å². The van der Waals surface area contributed by atoms with Crippen LogP contribution in [0.5, 0.6) is 0 Å². The third kappa shape index (κ3) is 5.17. The molecule has 2 saturated heterocycles. The second-order valence-electron chi connectivity index (χ2n) is 7.44. The fraction of sp³-hybridized carbons (Fsp3) is 0.500. The van der Waals surface area contributed by atoms with Crippen molar-refractivity contribution in [1.29, 1.82) is 0 Å². The summed E-state index contributed by atoms with van der Waals surface area (Å²) < 4.78 is 10.6. The second-order valence-corrected chi connectivity index (χ2v) is 7.44. The molecule has 2 aliphatic rings. The van der Waals surface area contributed by atoms with Gasteiger partial charge in [0.1, 0.15) is 42.7 Å². The zero-order valence-electron chi connectivity index (χ0n) is 16.8. The molecule has 10 nitrogen and oxygen atoms in total. The Balaban J connectivity index is 1.68. The van der Waals surface area contributed by atoms with Gasteiger partial charge in [0.2, 0.25) is 0 Å². The Morgan fingerprint density at radius 3 is 1.72 bits per heavy atom. The minimum Gasteiger partial charge on any atom is -0.394 e. The first-order chi connectivity index (χ1) is 15.3. The smallest absolute Gasteiger partial charge is 0.196 e. The molecule has 2 aliphatic heterocycles. The predicted molar refractivity (Wildman–Crippen MR) is 107 cm³/mol. The van der Waals surface area contributed by atoms with E-state index in [0.717, 1.165) is 0 Å². The van der Waals surface area contributed by atoms with Crippen molar-refractivity contribution < 1.29 is 50.0 Å². The Morgan fingerprint density at radius 2 is 1.19 bits per heavy atom. The Labute approximate surface area is 183 Å². The fourth-order valence-electron chi connectivity index (χ4n) is 3.27. The molecule has 3 rings (SSSR count). The first kappa shape index (κ1) is 24.3. The van der Waals surface area contributed by atoms with Gasteiger partial charge in [0, 0.05) is 11.1 Å². The van der Waals surface area contributed by atoms with E-state index in [1.807, 2.05) is 0 Å². The summed E-state index contributed by atoms with van der Waals surface area (Å²) in [6, 6.07) is 6.45. The van der Waals surface area contributed by atoms with Gasteiger partial charge in [-0.15, -0.1) is 0 Å². The van der Waals surface area contributed by atoms with Crippen LogP contribution in [0.4, 0.5) is 0 Å². The molecular weight excluding hydrogens is 424 g/mol. The highest BCUT2D eigenvalue weighted by molar-refractivity contribution is 5.89. The van der Waals surface area contributed by atoms with Gasteiger partial charge in [0.25, 0.3) is 0 Å². The first-order valence-electron chi connectivity index (χ1n) is 9.86. The Morgan fingerprint density at radius 1 is 0.688 bits per heavy atom. The lowest BCUT2D eigenvalue weighted by Crippen LogP contribution is -2.58. The van der Waals surface area contributed by atoms with Crippen molar-refractivity contribution in [2.45, 2.75) is 54.9 Å². The van der Waals surface area contributed by atoms with Crippen LogP contribution in [0.15, 0.2) is 24.3 Å². The molecule has 1 aromatic carbocycles. The number of rotatable bonds is 2. The molecule has 0 aromatic heterocycles. The fourth-order valence-corrected chi connectivity index (χ4v) is 3.27. The van der Waals surface area contributed by atoms with Crippen LogP contribution in [0, 0.1) is 23.7 Å². The van der Waals surface area contributed by atoms with Crippen molar-refractivity contribution in [3.05, 3.63) is 35.4 Å². The topological polar surface area (TPSA) is 177 Å². The number of carbonyl (C=O) groups is 1. The van der Waals surface area contributed by atoms with Crippen LogP contribution in [0.3, 0.4) is 0 Å². The van der Waals surface area contributed by atoms with Crippen LogP contribution < -0.4 is 0 Å². The van der Waals surface area contributed by atoms with E-state index in [9.17, 15) is 40.5 Å². The van der Waals surface area contributed by atoms with E-state index >= 15 is 0 Å². The molecule has 32 heavy (non-hydrogen) atoms. The maximum Gasteiger partial charge on any atom is 0.196 e. The van der Waals surface area contributed by atoms with Crippen LogP contribution in [0.1, 0.15) is 11.1 Å². The molecule has 2 fully saturated rings. The van der Waals surface area contributed by atoms with E-state index in [4.69, 9.17) is 9.47 Å². The monoisotopic (exact) mass is 448 g/mol. The third-order valence-corrected chi connectivity index (χ3v) is 5.22. The van der Waals surface area contributed by atoms with Crippen molar-refractivity contribution in [2.75, 3.05) is 13.2 Å². The van der Waals surface area contributed by atoms with E-state index in [1.54, 1.807) is 24.3 Å². The molecule has 7 N–H and O–H groups in total. The molecule has 0 aliphatic carbocycles. The Kier molecular flexibility index (Phi) is 7.98. The van der Waals surface area contributed by atoms with E-state index in [2.05, 4.69) is 23.7 Å². The zero-order valence-corrected chi connectivity index (χ0v) is 16.8. The van der Waals surface area contributed by atoms with Gasteiger partial charge in [0.15, 0.2) is 18.0 Å². The van der Waals surface area contributed by atoms with Gasteiger partial charge >= 0.3 is 0 Å². The number of hydrogen-bond acceptors (Lipinski definition) is 10. The Hall–Kier alpha value is -2.35. The average molecular weight is 448 g/mol. The van der Waals surface area contributed by atoms with Gasteiger partial charge in [-0.2, -0.15) is 0 Å². The van der Waals surface area contributed by atoms with Crippen molar-refractivity contribution in [3.63, 3.8) is 0 Å². The Bertz CT molecular complexity index is 922. The second kappa shape index (κ2) is 10.5. The van der Waals surface area contributed by atoms with E-state index in [-0.39, 0.29) is 0 Å². The number of carbonyl (C=O) groups excluding carboxylic acids is 1. The van der Waals surface area contributed by atoms with Crippen molar-refractivity contribution in [2.24, 2.45) is 0 Å². The zero-order chi connectivity index (χ0) is 23.4. The van der Waals surface area contributed by atoms with E-state index < -0.39 is 73.9 Å². The van der Waals surface area contributed by atoms with Gasteiger partial charge in [0.05, 0.1) is 13.2 Å². The molecule has 0 bridgehead atoms. The molecule has 9 atom stereocenters. The normalized spacial score (nSPS) is 37.1. The summed E-state index contributed by atoms with van der Waals surface area (Å²) in [5.74, 6) is 9.89. The van der Waals surface area contributed by atoms with Crippen LogP contribution in [-0.2, 0) is 14.3 Å². The molecule has 2 heterocycles. The quantitative estimate of drug-likeness (QED) is 0.223. The van der Waals surface area contributed by atoms with E-state index in [0.29, 0.717) is 11.1 Å². The number of aliphatic hydroxyl groups excluding tert-OH is 7. The van der Waals surface area contributed by atoms with Gasteiger partial charge in [-0.3, -0.25) is 4.79 Å². The lowest BCUT2D eigenvalue weighted by Gasteiger charge is -2.37. The molecular formula is C22H24O10. The summed E-state index contributed by atoms with van der Waals surface area (Å²) >= 11 is 0. The number of aliphatic hydroxyl groups is 7. The minimum absolute atomic E-state index is 0.512. The summed E-state index contributed by atoms with van der Waals surface area (Å²) in [6.07, 6.45) is -12.2. The van der Waals surface area contributed by atoms with Crippen molar-refractivity contribution in [3.8, 4) is 23.7 Å². The molecule has 10 heteroatoms.